The molecule has 2 aliphatic rings. The van der Waals surface area contributed by atoms with Crippen LogP contribution in [0.25, 0.3) is 0 Å². The lowest BCUT2D eigenvalue weighted by molar-refractivity contribution is -0.384. The third kappa shape index (κ3) is 4.15. The molecule has 2 heterocycles. The normalized spacial score (nSPS) is 24.8. The third-order valence-corrected chi connectivity index (χ3v) is 4.80. The van der Waals surface area contributed by atoms with E-state index in [0.717, 1.165) is 12.8 Å². The SMILES string of the molecule is CN(C(=O)COc1ccc([N+](=O)[O-])cc1)C1CC2CCC(C1)N2.Cl. The average molecular weight is 356 g/mol. The Morgan fingerprint density at radius 3 is 2.42 bits per heavy atom. The lowest BCUT2D eigenvalue weighted by Crippen LogP contribution is -2.49. The van der Waals surface area contributed by atoms with Gasteiger partial charge in [-0.2, -0.15) is 0 Å². The fourth-order valence-electron chi connectivity index (χ4n) is 3.46. The molecule has 2 unspecified atom stereocenters. The fraction of sp³-hybridized carbons (Fsp3) is 0.562. The van der Waals surface area contributed by atoms with Crippen molar-refractivity contribution in [2.75, 3.05) is 13.7 Å². The zero-order valence-electron chi connectivity index (χ0n) is 13.5. The van der Waals surface area contributed by atoms with Gasteiger partial charge in [-0.3, -0.25) is 14.9 Å². The van der Waals surface area contributed by atoms with E-state index in [1.165, 1.54) is 37.1 Å². The Balaban J connectivity index is 0.00000208. The van der Waals surface area contributed by atoms with Gasteiger partial charge < -0.3 is 15.0 Å². The molecule has 0 aliphatic carbocycles. The molecule has 1 aromatic carbocycles. The first-order valence-corrected chi connectivity index (χ1v) is 7.92. The average Bonchev–Trinajstić information content (AvgIpc) is 2.90. The number of halogens is 1. The van der Waals surface area contributed by atoms with Crippen molar-refractivity contribution in [3.05, 3.63) is 34.4 Å². The number of ether oxygens (including phenoxy) is 1. The maximum atomic E-state index is 12.3. The van der Waals surface area contributed by atoms with Gasteiger partial charge in [0.15, 0.2) is 6.61 Å². The van der Waals surface area contributed by atoms with Crippen LogP contribution in [0, 0.1) is 10.1 Å². The van der Waals surface area contributed by atoms with Gasteiger partial charge in [0.1, 0.15) is 5.75 Å². The Kier molecular flexibility index (Phi) is 6.01. The fourth-order valence-corrected chi connectivity index (χ4v) is 3.46. The number of fused-ring (bicyclic) bond motifs is 2. The van der Waals surface area contributed by atoms with E-state index in [-0.39, 0.29) is 36.7 Å². The molecule has 24 heavy (non-hydrogen) atoms. The zero-order valence-corrected chi connectivity index (χ0v) is 14.3. The van der Waals surface area contributed by atoms with Crippen LogP contribution in [-0.4, -0.2) is 47.5 Å². The maximum absolute atomic E-state index is 12.3. The van der Waals surface area contributed by atoms with Gasteiger partial charge in [-0.15, -0.1) is 12.4 Å². The number of likely N-dealkylation sites (N-methyl/N-ethyl adjacent to an activating group) is 1. The molecule has 8 heteroatoms. The first-order chi connectivity index (χ1) is 11.0. The van der Waals surface area contributed by atoms with E-state index in [0.29, 0.717) is 17.8 Å². The minimum absolute atomic E-state index is 0. The summed E-state index contributed by atoms with van der Waals surface area (Å²) in [6, 6.07) is 7.09. The van der Waals surface area contributed by atoms with Crippen molar-refractivity contribution >= 4 is 24.0 Å². The Morgan fingerprint density at radius 2 is 1.88 bits per heavy atom. The summed E-state index contributed by atoms with van der Waals surface area (Å²) in [5, 5.41) is 14.2. The van der Waals surface area contributed by atoms with Crippen molar-refractivity contribution in [1.82, 2.24) is 10.2 Å². The Hall–Kier alpha value is -1.86. The third-order valence-electron chi connectivity index (χ3n) is 4.80. The number of carbonyl (C=O) groups is 1. The molecule has 0 radical (unpaired) electrons. The lowest BCUT2D eigenvalue weighted by Gasteiger charge is -2.35. The molecule has 1 N–H and O–H groups in total. The summed E-state index contributed by atoms with van der Waals surface area (Å²) in [5.74, 6) is 0.400. The van der Waals surface area contributed by atoms with Crippen molar-refractivity contribution in [3.63, 3.8) is 0 Å². The largest absolute Gasteiger partial charge is 0.484 e. The summed E-state index contributed by atoms with van der Waals surface area (Å²) in [6.07, 6.45) is 4.39. The standard InChI is InChI=1S/C16H21N3O4.ClH/c1-18(14-8-11-2-3-12(9-14)17-11)16(20)10-23-15-6-4-13(5-7-15)19(21)22;/h4-7,11-12,14,17H,2-3,8-10H2,1H3;1H. The highest BCUT2D eigenvalue weighted by Crippen LogP contribution is 2.29. The number of nitro benzene ring substituents is 1. The predicted octanol–water partition coefficient (Wildman–Crippen LogP) is 2.14. The minimum Gasteiger partial charge on any atom is -0.484 e. The van der Waals surface area contributed by atoms with Gasteiger partial charge in [0.25, 0.3) is 11.6 Å². The van der Waals surface area contributed by atoms with Gasteiger partial charge in [-0.1, -0.05) is 0 Å². The van der Waals surface area contributed by atoms with E-state index in [2.05, 4.69) is 5.32 Å². The molecule has 132 valence electrons. The van der Waals surface area contributed by atoms with Crippen LogP contribution in [0.5, 0.6) is 5.75 Å². The number of hydrogen-bond acceptors (Lipinski definition) is 5. The molecule has 0 aromatic heterocycles. The molecule has 1 aromatic rings. The number of carbonyl (C=O) groups excluding carboxylic acids is 1. The second-order valence-corrected chi connectivity index (χ2v) is 6.31. The molecule has 2 bridgehead atoms. The number of benzene rings is 1. The maximum Gasteiger partial charge on any atom is 0.269 e. The van der Waals surface area contributed by atoms with Crippen molar-refractivity contribution in [2.24, 2.45) is 0 Å². The molecular weight excluding hydrogens is 334 g/mol. The number of piperidine rings is 1. The second kappa shape index (κ2) is 7.81. The highest BCUT2D eigenvalue weighted by molar-refractivity contribution is 5.85. The summed E-state index contributed by atoms with van der Waals surface area (Å²) in [6.45, 7) is -0.0480. The van der Waals surface area contributed by atoms with E-state index < -0.39 is 4.92 Å². The van der Waals surface area contributed by atoms with Gasteiger partial charge in [-0.25, -0.2) is 0 Å². The Labute approximate surface area is 146 Å². The van der Waals surface area contributed by atoms with Gasteiger partial charge >= 0.3 is 0 Å². The number of non-ortho nitro benzene ring substituents is 1. The smallest absolute Gasteiger partial charge is 0.269 e. The molecule has 2 aliphatic heterocycles. The number of rotatable bonds is 5. The molecule has 0 saturated carbocycles. The van der Waals surface area contributed by atoms with Crippen molar-refractivity contribution in [3.8, 4) is 5.75 Å². The molecule has 1 amide bonds. The topological polar surface area (TPSA) is 84.7 Å². The van der Waals surface area contributed by atoms with Crippen LogP contribution in [-0.2, 0) is 4.79 Å². The number of nitrogens with one attached hydrogen (secondary N) is 1. The number of nitrogens with zero attached hydrogens (tertiary/aromatic N) is 2. The highest BCUT2D eigenvalue weighted by Gasteiger charge is 2.36. The first-order valence-electron chi connectivity index (χ1n) is 7.92. The van der Waals surface area contributed by atoms with Crippen LogP contribution < -0.4 is 10.1 Å². The van der Waals surface area contributed by atoms with Crippen LogP contribution in [0.2, 0.25) is 0 Å². The van der Waals surface area contributed by atoms with Crippen LogP contribution in [0.4, 0.5) is 5.69 Å². The highest BCUT2D eigenvalue weighted by atomic mass is 35.5. The summed E-state index contributed by atoms with van der Waals surface area (Å²) in [4.78, 5) is 24.2. The number of nitro groups is 1. The van der Waals surface area contributed by atoms with E-state index >= 15 is 0 Å². The minimum atomic E-state index is -0.464. The second-order valence-electron chi connectivity index (χ2n) is 6.31. The number of hydrogen-bond donors (Lipinski definition) is 1. The van der Waals surface area contributed by atoms with E-state index in [1.807, 2.05) is 7.05 Å². The van der Waals surface area contributed by atoms with Crippen LogP contribution in [0.15, 0.2) is 24.3 Å². The summed E-state index contributed by atoms with van der Waals surface area (Å²) >= 11 is 0. The van der Waals surface area contributed by atoms with Gasteiger partial charge in [0, 0.05) is 37.3 Å². The van der Waals surface area contributed by atoms with Crippen molar-refractivity contribution < 1.29 is 14.5 Å². The molecule has 2 fully saturated rings. The first kappa shape index (κ1) is 18.5. The monoisotopic (exact) mass is 355 g/mol. The van der Waals surface area contributed by atoms with Gasteiger partial charge in [0.2, 0.25) is 0 Å². The Bertz CT molecular complexity index is 583. The van der Waals surface area contributed by atoms with Crippen LogP contribution >= 0.6 is 12.4 Å². The lowest BCUT2D eigenvalue weighted by atomic mass is 9.98. The molecule has 2 atom stereocenters. The van der Waals surface area contributed by atoms with E-state index in [1.54, 1.807) is 4.90 Å². The van der Waals surface area contributed by atoms with E-state index in [9.17, 15) is 14.9 Å². The zero-order chi connectivity index (χ0) is 16.4. The Morgan fingerprint density at radius 1 is 1.29 bits per heavy atom. The predicted molar refractivity (Wildman–Crippen MR) is 91.6 cm³/mol. The summed E-state index contributed by atoms with van der Waals surface area (Å²) in [7, 11) is 1.83. The quantitative estimate of drug-likeness (QED) is 0.646. The summed E-state index contributed by atoms with van der Waals surface area (Å²) < 4.78 is 5.45. The molecule has 0 spiro atoms. The molecular formula is C16H22ClN3O4. The molecule has 7 nitrogen and oxygen atoms in total. The molecule has 2 saturated heterocycles. The van der Waals surface area contributed by atoms with Crippen molar-refractivity contribution in [1.29, 1.82) is 0 Å². The van der Waals surface area contributed by atoms with Crippen molar-refractivity contribution in [2.45, 2.75) is 43.8 Å². The van der Waals surface area contributed by atoms with Crippen LogP contribution in [0.1, 0.15) is 25.7 Å². The van der Waals surface area contributed by atoms with Gasteiger partial charge in [-0.05, 0) is 37.8 Å². The summed E-state index contributed by atoms with van der Waals surface area (Å²) in [5.41, 5.74) is 0.00553. The van der Waals surface area contributed by atoms with Gasteiger partial charge in [0.05, 0.1) is 4.92 Å². The number of amides is 1. The molecule has 3 rings (SSSR count). The van der Waals surface area contributed by atoms with E-state index in [4.69, 9.17) is 4.74 Å². The van der Waals surface area contributed by atoms with Crippen LogP contribution in [0.3, 0.4) is 0 Å².